The van der Waals surface area contributed by atoms with E-state index in [4.69, 9.17) is 17.3 Å². The zero-order chi connectivity index (χ0) is 13.2. The fourth-order valence-electron chi connectivity index (χ4n) is 1.91. The van der Waals surface area contributed by atoms with Gasteiger partial charge in [0.1, 0.15) is 0 Å². The normalized spacial score (nSPS) is 16.8. The van der Waals surface area contributed by atoms with Gasteiger partial charge in [0.15, 0.2) is 0 Å². The van der Waals surface area contributed by atoms with Crippen LogP contribution in [0.1, 0.15) is 24.8 Å². The predicted octanol–water partition coefficient (Wildman–Crippen LogP) is 2.65. The minimum absolute atomic E-state index is 0.206. The number of amides is 2. The molecule has 2 amide bonds. The number of aryl methyl sites for hydroxylation is 1. The van der Waals surface area contributed by atoms with Crippen molar-refractivity contribution in [2.75, 3.05) is 11.9 Å². The summed E-state index contributed by atoms with van der Waals surface area (Å²) in [5.74, 6) is 0. The molecule has 4 nitrogen and oxygen atoms in total. The van der Waals surface area contributed by atoms with E-state index in [9.17, 15) is 4.79 Å². The topological polar surface area (TPSA) is 67.2 Å². The Morgan fingerprint density at radius 2 is 2.22 bits per heavy atom. The van der Waals surface area contributed by atoms with Crippen LogP contribution < -0.4 is 16.4 Å². The zero-order valence-corrected chi connectivity index (χ0v) is 11.2. The molecule has 1 aliphatic rings. The van der Waals surface area contributed by atoms with Crippen LogP contribution in [0.2, 0.25) is 5.02 Å². The van der Waals surface area contributed by atoms with Gasteiger partial charge in [0, 0.05) is 22.8 Å². The van der Waals surface area contributed by atoms with Gasteiger partial charge in [0.05, 0.1) is 0 Å². The largest absolute Gasteiger partial charge is 0.336 e. The van der Waals surface area contributed by atoms with E-state index in [0.29, 0.717) is 17.3 Å². The van der Waals surface area contributed by atoms with Gasteiger partial charge in [0.2, 0.25) is 0 Å². The van der Waals surface area contributed by atoms with Crippen molar-refractivity contribution in [3.63, 3.8) is 0 Å². The maximum atomic E-state index is 11.7. The first kappa shape index (κ1) is 13.2. The summed E-state index contributed by atoms with van der Waals surface area (Å²) >= 11 is 5.99. The van der Waals surface area contributed by atoms with Gasteiger partial charge < -0.3 is 16.4 Å². The Hall–Kier alpha value is -1.26. The molecule has 0 radical (unpaired) electrons. The molecule has 18 heavy (non-hydrogen) atoms. The highest BCUT2D eigenvalue weighted by Gasteiger charge is 2.32. The second-order valence-corrected chi connectivity index (χ2v) is 5.39. The molecular formula is C13H18ClN3O. The third kappa shape index (κ3) is 3.15. The van der Waals surface area contributed by atoms with E-state index in [1.807, 2.05) is 19.1 Å². The number of anilines is 1. The Morgan fingerprint density at radius 3 is 2.78 bits per heavy atom. The van der Waals surface area contributed by atoms with Gasteiger partial charge in [-0.1, -0.05) is 17.7 Å². The molecule has 1 saturated carbocycles. The Labute approximate surface area is 112 Å². The van der Waals surface area contributed by atoms with Crippen molar-refractivity contribution in [1.29, 1.82) is 0 Å². The van der Waals surface area contributed by atoms with Crippen LogP contribution in [-0.4, -0.2) is 18.1 Å². The minimum Gasteiger partial charge on any atom is -0.336 e. The third-order valence-electron chi connectivity index (χ3n) is 3.38. The lowest BCUT2D eigenvalue weighted by Gasteiger charge is -2.38. The summed E-state index contributed by atoms with van der Waals surface area (Å²) in [7, 11) is 0. The van der Waals surface area contributed by atoms with Crippen LogP contribution in [0.3, 0.4) is 0 Å². The number of hydrogen-bond donors (Lipinski definition) is 3. The number of benzene rings is 1. The van der Waals surface area contributed by atoms with Crippen molar-refractivity contribution in [3.05, 3.63) is 28.8 Å². The monoisotopic (exact) mass is 267 g/mol. The molecule has 0 aromatic heterocycles. The molecular weight excluding hydrogens is 250 g/mol. The molecule has 0 bridgehead atoms. The molecule has 98 valence electrons. The number of urea groups is 1. The molecule has 5 heteroatoms. The average Bonchev–Trinajstić information content (AvgIpc) is 2.29. The highest BCUT2D eigenvalue weighted by Crippen LogP contribution is 2.28. The van der Waals surface area contributed by atoms with Gasteiger partial charge in [-0.25, -0.2) is 4.79 Å². The molecule has 1 fully saturated rings. The molecule has 2 rings (SSSR count). The van der Waals surface area contributed by atoms with Crippen LogP contribution in [0.15, 0.2) is 18.2 Å². The van der Waals surface area contributed by atoms with E-state index in [2.05, 4.69) is 10.6 Å². The van der Waals surface area contributed by atoms with E-state index < -0.39 is 0 Å². The van der Waals surface area contributed by atoms with Gasteiger partial charge in [-0.15, -0.1) is 0 Å². The van der Waals surface area contributed by atoms with E-state index in [0.717, 1.165) is 24.8 Å². The highest BCUT2D eigenvalue weighted by atomic mass is 35.5. The third-order valence-corrected chi connectivity index (χ3v) is 3.79. The lowest BCUT2D eigenvalue weighted by atomic mass is 9.78. The molecule has 0 atom stereocenters. The fraction of sp³-hybridized carbons (Fsp3) is 0.462. The van der Waals surface area contributed by atoms with E-state index in [1.165, 1.54) is 0 Å². The van der Waals surface area contributed by atoms with Gasteiger partial charge in [-0.3, -0.25) is 0 Å². The van der Waals surface area contributed by atoms with Crippen molar-refractivity contribution in [2.45, 2.75) is 31.7 Å². The van der Waals surface area contributed by atoms with E-state index >= 15 is 0 Å². The van der Waals surface area contributed by atoms with Crippen LogP contribution >= 0.6 is 11.6 Å². The highest BCUT2D eigenvalue weighted by molar-refractivity contribution is 6.31. The maximum absolute atomic E-state index is 11.7. The van der Waals surface area contributed by atoms with Gasteiger partial charge in [0.25, 0.3) is 0 Å². The van der Waals surface area contributed by atoms with Crippen LogP contribution in [0.5, 0.6) is 0 Å². The Balaban J connectivity index is 1.85. The number of carbonyl (C=O) groups is 1. The Kier molecular flexibility index (Phi) is 3.78. The van der Waals surface area contributed by atoms with Crippen molar-refractivity contribution in [1.82, 2.24) is 5.32 Å². The predicted molar refractivity (Wildman–Crippen MR) is 74.0 cm³/mol. The van der Waals surface area contributed by atoms with Gasteiger partial charge >= 0.3 is 6.03 Å². The smallest absolute Gasteiger partial charge is 0.319 e. The molecule has 0 heterocycles. The molecule has 0 aliphatic heterocycles. The van der Waals surface area contributed by atoms with Crippen molar-refractivity contribution in [3.8, 4) is 0 Å². The van der Waals surface area contributed by atoms with Crippen LogP contribution in [0.25, 0.3) is 0 Å². The second-order valence-electron chi connectivity index (χ2n) is 4.99. The first-order valence-corrected chi connectivity index (χ1v) is 6.46. The summed E-state index contributed by atoms with van der Waals surface area (Å²) in [5.41, 5.74) is 7.49. The lowest BCUT2D eigenvalue weighted by Crippen LogP contribution is -2.55. The van der Waals surface area contributed by atoms with Crippen molar-refractivity contribution < 1.29 is 4.79 Å². The van der Waals surface area contributed by atoms with Crippen molar-refractivity contribution in [2.24, 2.45) is 5.73 Å². The first-order valence-electron chi connectivity index (χ1n) is 6.08. The maximum Gasteiger partial charge on any atom is 0.319 e. The van der Waals surface area contributed by atoms with E-state index in [1.54, 1.807) is 6.07 Å². The summed E-state index contributed by atoms with van der Waals surface area (Å²) in [4.78, 5) is 11.7. The first-order chi connectivity index (χ1) is 8.48. The molecule has 0 unspecified atom stereocenters. The number of halogens is 1. The number of nitrogens with two attached hydrogens (primary N) is 1. The molecule has 1 aromatic rings. The average molecular weight is 268 g/mol. The molecule has 1 aromatic carbocycles. The molecule has 0 spiro atoms. The Bertz CT molecular complexity index is 458. The van der Waals surface area contributed by atoms with Gasteiger partial charge in [-0.05, 0) is 43.9 Å². The van der Waals surface area contributed by atoms with Crippen LogP contribution in [0.4, 0.5) is 10.5 Å². The number of hydrogen-bond acceptors (Lipinski definition) is 2. The standard InChI is InChI=1S/C13H18ClN3O/c1-9-3-4-10(7-11(9)14)17-12(18)16-8-13(15)5-2-6-13/h3-4,7H,2,5-6,8,15H2,1H3,(H2,16,17,18). The summed E-state index contributed by atoms with van der Waals surface area (Å²) in [6.07, 6.45) is 3.10. The summed E-state index contributed by atoms with van der Waals surface area (Å²) in [5, 5.41) is 6.17. The van der Waals surface area contributed by atoms with Gasteiger partial charge in [-0.2, -0.15) is 0 Å². The van der Waals surface area contributed by atoms with E-state index in [-0.39, 0.29) is 11.6 Å². The number of rotatable bonds is 3. The summed E-state index contributed by atoms with van der Waals surface area (Å²) < 4.78 is 0. The van der Waals surface area contributed by atoms with Crippen LogP contribution in [0, 0.1) is 6.92 Å². The number of nitrogens with one attached hydrogen (secondary N) is 2. The molecule has 4 N–H and O–H groups in total. The molecule has 0 saturated heterocycles. The quantitative estimate of drug-likeness (QED) is 0.788. The van der Waals surface area contributed by atoms with Crippen molar-refractivity contribution >= 4 is 23.3 Å². The lowest BCUT2D eigenvalue weighted by molar-refractivity contribution is 0.225. The second kappa shape index (κ2) is 5.16. The van der Waals surface area contributed by atoms with Crippen LogP contribution in [-0.2, 0) is 0 Å². The summed E-state index contributed by atoms with van der Waals surface area (Å²) in [6, 6.07) is 5.18. The minimum atomic E-state index is -0.244. The molecule has 1 aliphatic carbocycles. The summed E-state index contributed by atoms with van der Waals surface area (Å²) in [6.45, 7) is 2.43. The number of carbonyl (C=O) groups excluding carboxylic acids is 1. The Morgan fingerprint density at radius 1 is 1.50 bits per heavy atom. The zero-order valence-electron chi connectivity index (χ0n) is 10.4. The SMILES string of the molecule is Cc1ccc(NC(=O)NCC2(N)CCC2)cc1Cl. The fourth-order valence-corrected chi connectivity index (χ4v) is 2.09.